The van der Waals surface area contributed by atoms with Gasteiger partial charge in [0.05, 0.1) is 0 Å². The fourth-order valence-corrected chi connectivity index (χ4v) is 2.31. The largest absolute Gasteiger partial charge is 0.316 e. The van der Waals surface area contributed by atoms with Gasteiger partial charge < -0.3 is 10.6 Å². The van der Waals surface area contributed by atoms with Crippen LogP contribution in [0.15, 0.2) is 41.8 Å². The van der Waals surface area contributed by atoms with E-state index in [1.165, 1.54) is 28.4 Å². The van der Waals surface area contributed by atoms with Crippen molar-refractivity contribution >= 4 is 22.9 Å². The fraction of sp³-hybridized carbons (Fsp3) is 0.154. The van der Waals surface area contributed by atoms with Gasteiger partial charge in [-0.2, -0.15) is 0 Å². The van der Waals surface area contributed by atoms with Crippen LogP contribution in [0.4, 0.5) is 10.1 Å². The van der Waals surface area contributed by atoms with Crippen molar-refractivity contribution in [1.82, 2.24) is 0 Å². The van der Waals surface area contributed by atoms with Gasteiger partial charge in [-0.1, -0.05) is 6.07 Å². The first-order chi connectivity index (χ1) is 8.59. The molecule has 0 aliphatic heterocycles. The molecule has 0 aliphatic rings. The van der Waals surface area contributed by atoms with Crippen molar-refractivity contribution in [2.75, 3.05) is 11.9 Å². The molecular weight excluding hydrogens is 251 g/mol. The van der Waals surface area contributed by atoms with Gasteiger partial charge in [-0.3, -0.25) is 4.79 Å². The molecule has 94 valence electrons. The lowest BCUT2D eigenvalue weighted by atomic mass is 10.2. The second kappa shape index (κ2) is 5.29. The molecule has 2 aromatic rings. The Labute approximate surface area is 109 Å². The second-order valence-corrected chi connectivity index (χ2v) is 4.85. The number of carbonyl (C=O) groups is 1. The number of amides is 1. The molecule has 0 spiro atoms. The van der Waals surface area contributed by atoms with E-state index in [0.29, 0.717) is 5.69 Å². The Morgan fingerprint density at radius 2 is 2.00 bits per heavy atom. The third kappa shape index (κ3) is 2.57. The van der Waals surface area contributed by atoms with Crippen LogP contribution in [0.1, 0.15) is 10.9 Å². The van der Waals surface area contributed by atoms with Crippen molar-refractivity contribution < 1.29 is 9.18 Å². The molecule has 0 radical (unpaired) electrons. The number of nitrogens with two attached hydrogens (primary N) is 1. The van der Waals surface area contributed by atoms with E-state index in [0.717, 1.165) is 4.88 Å². The normalized spacial score (nSPS) is 12.2. The maximum absolute atomic E-state index is 12.8. The summed E-state index contributed by atoms with van der Waals surface area (Å²) < 4.78 is 12.8. The third-order valence-electron chi connectivity index (χ3n) is 2.66. The van der Waals surface area contributed by atoms with E-state index < -0.39 is 6.04 Å². The number of rotatable bonds is 3. The van der Waals surface area contributed by atoms with Crippen LogP contribution >= 0.6 is 11.3 Å². The Morgan fingerprint density at radius 3 is 2.56 bits per heavy atom. The molecule has 3 nitrogen and oxygen atoms in total. The van der Waals surface area contributed by atoms with Gasteiger partial charge in [0, 0.05) is 17.6 Å². The summed E-state index contributed by atoms with van der Waals surface area (Å²) in [7, 11) is 1.63. The van der Waals surface area contributed by atoms with E-state index in [1.54, 1.807) is 19.2 Å². The van der Waals surface area contributed by atoms with Gasteiger partial charge in [0.25, 0.3) is 0 Å². The van der Waals surface area contributed by atoms with Crippen molar-refractivity contribution in [3.05, 3.63) is 52.5 Å². The van der Waals surface area contributed by atoms with E-state index in [1.807, 2.05) is 17.5 Å². The standard InChI is InChI=1S/C13H13FN2OS/c1-16(10-6-4-9(14)5-7-10)13(17)12(15)11-3-2-8-18-11/h2-8,12H,15H2,1H3. The Bertz CT molecular complexity index is 524. The van der Waals surface area contributed by atoms with E-state index >= 15 is 0 Å². The minimum absolute atomic E-state index is 0.218. The van der Waals surface area contributed by atoms with Crippen LogP contribution in [0, 0.1) is 5.82 Å². The highest BCUT2D eigenvalue weighted by molar-refractivity contribution is 7.10. The predicted octanol–water partition coefficient (Wildman–Crippen LogP) is 2.55. The fourth-order valence-electron chi connectivity index (χ4n) is 1.59. The predicted molar refractivity (Wildman–Crippen MR) is 71.1 cm³/mol. The molecule has 1 amide bonds. The minimum Gasteiger partial charge on any atom is -0.316 e. The Balaban J connectivity index is 2.16. The van der Waals surface area contributed by atoms with Crippen LogP contribution in [0.5, 0.6) is 0 Å². The lowest BCUT2D eigenvalue weighted by Crippen LogP contribution is -2.35. The van der Waals surface area contributed by atoms with E-state index in [-0.39, 0.29) is 11.7 Å². The number of thiophene rings is 1. The minimum atomic E-state index is -0.681. The zero-order chi connectivity index (χ0) is 13.1. The first-order valence-electron chi connectivity index (χ1n) is 5.41. The number of carbonyl (C=O) groups excluding carboxylic acids is 1. The molecule has 0 aliphatic carbocycles. The first kappa shape index (κ1) is 12.7. The maximum Gasteiger partial charge on any atom is 0.249 e. The molecule has 2 N–H and O–H groups in total. The first-order valence-corrected chi connectivity index (χ1v) is 6.29. The summed E-state index contributed by atoms with van der Waals surface area (Å²) in [4.78, 5) is 14.4. The molecule has 1 atom stereocenters. The number of likely N-dealkylation sites (N-methyl/N-ethyl adjacent to an activating group) is 1. The van der Waals surface area contributed by atoms with Gasteiger partial charge >= 0.3 is 0 Å². The number of nitrogens with zero attached hydrogens (tertiary/aromatic N) is 1. The highest BCUT2D eigenvalue weighted by Crippen LogP contribution is 2.21. The van der Waals surface area contributed by atoms with E-state index in [4.69, 9.17) is 5.73 Å². The summed E-state index contributed by atoms with van der Waals surface area (Å²) in [5.41, 5.74) is 6.52. The summed E-state index contributed by atoms with van der Waals surface area (Å²) >= 11 is 1.44. The topological polar surface area (TPSA) is 46.3 Å². The Kier molecular flexibility index (Phi) is 3.74. The molecule has 2 rings (SSSR count). The number of halogens is 1. The third-order valence-corrected chi connectivity index (χ3v) is 3.62. The van der Waals surface area contributed by atoms with E-state index in [2.05, 4.69) is 0 Å². The summed E-state index contributed by atoms with van der Waals surface area (Å²) in [6.45, 7) is 0. The summed E-state index contributed by atoms with van der Waals surface area (Å²) in [6, 6.07) is 8.73. The molecule has 5 heteroatoms. The van der Waals surface area contributed by atoms with Gasteiger partial charge in [0.1, 0.15) is 11.9 Å². The van der Waals surface area contributed by atoms with Crippen LogP contribution in [-0.2, 0) is 4.79 Å². The molecule has 18 heavy (non-hydrogen) atoms. The van der Waals surface area contributed by atoms with Crippen molar-refractivity contribution in [3.8, 4) is 0 Å². The van der Waals surface area contributed by atoms with Crippen LogP contribution in [-0.4, -0.2) is 13.0 Å². The average Bonchev–Trinajstić information content (AvgIpc) is 2.91. The van der Waals surface area contributed by atoms with Gasteiger partial charge in [-0.05, 0) is 35.7 Å². The Morgan fingerprint density at radius 1 is 1.33 bits per heavy atom. The SMILES string of the molecule is CN(C(=O)C(N)c1cccs1)c1ccc(F)cc1. The maximum atomic E-state index is 12.8. The van der Waals surface area contributed by atoms with Crippen LogP contribution in [0.2, 0.25) is 0 Å². The monoisotopic (exact) mass is 264 g/mol. The lowest BCUT2D eigenvalue weighted by Gasteiger charge is -2.20. The molecule has 1 heterocycles. The molecular formula is C13H13FN2OS. The second-order valence-electron chi connectivity index (χ2n) is 3.87. The van der Waals surface area contributed by atoms with Crippen LogP contribution in [0.25, 0.3) is 0 Å². The quantitative estimate of drug-likeness (QED) is 0.926. The smallest absolute Gasteiger partial charge is 0.249 e. The zero-order valence-corrected chi connectivity index (χ0v) is 10.7. The molecule has 1 unspecified atom stereocenters. The summed E-state index contributed by atoms with van der Waals surface area (Å²) in [5, 5.41) is 1.88. The van der Waals surface area contributed by atoms with Gasteiger partial charge in [-0.25, -0.2) is 4.39 Å². The van der Waals surface area contributed by atoms with Crippen molar-refractivity contribution in [1.29, 1.82) is 0 Å². The van der Waals surface area contributed by atoms with Gasteiger partial charge in [-0.15, -0.1) is 11.3 Å². The van der Waals surface area contributed by atoms with Crippen LogP contribution in [0.3, 0.4) is 0 Å². The number of hydrogen-bond donors (Lipinski definition) is 1. The number of anilines is 1. The molecule has 0 saturated heterocycles. The van der Waals surface area contributed by atoms with E-state index in [9.17, 15) is 9.18 Å². The summed E-state index contributed by atoms with van der Waals surface area (Å²) in [5.74, 6) is -0.550. The van der Waals surface area contributed by atoms with Crippen molar-refractivity contribution in [2.24, 2.45) is 5.73 Å². The Hall–Kier alpha value is -1.72. The average molecular weight is 264 g/mol. The number of benzene rings is 1. The van der Waals surface area contributed by atoms with Gasteiger partial charge in [0.2, 0.25) is 5.91 Å². The lowest BCUT2D eigenvalue weighted by molar-refractivity contribution is -0.119. The summed E-state index contributed by atoms with van der Waals surface area (Å²) in [6.07, 6.45) is 0. The van der Waals surface area contributed by atoms with Crippen molar-refractivity contribution in [2.45, 2.75) is 6.04 Å². The zero-order valence-electron chi connectivity index (χ0n) is 9.84. The number of hydrogen-bond acceptors (Lipinski definition) is 3. The molecule has 0 saturated carbocycles. The van der Waals surface area contributed by atoms with Crippen LogP contribution < -0.4 is 10.6 Å². The van der Waals surface area contributed by atoms with Crippen molar-refractivity contribution in [3.63, 3.8) is 0 Å². The molecule has 1 aromatic carbocycles. The molecule has 0 fully saturated rings. The van der Waals surface area contributed by atoms with Gasteiger partial charge in [0.15, 0.2) is 0 Å². The molecule has 0 bridgehead atoms. The highest BCUT2D eigenvalue weighted by atomic mass is 32.1. The molecule has 1 aromatic heterocycles. The highest BCUT2D eigenvalue weighted by Gasteiger charge is 2.21.